The number of benzene rings is 1. The van der Waals surface area contributed by atoms with E-state index in [1.165, 1.54) is 14.2 Å². The van der Waals surface area contributed by atoms with Gasteiger partial charge in [0.25, 0.3) is 0 Å². The summed E-state index contributed by atoms with van der Waals surface area (Å²) >= 11 is 6.09. The van der Waals surface area contributed by atoms with E-state index in [1.807, 2.05) is 0 Å². The Labute approximate surface area is 134 Å². The molecule has 122 valence electrons. The molecule has 0 spiro atoms. The Bertz CT molecular complexity index is 549. The van der Waals surface area contributed by atoms with E-state index in [-0.39, 0.29) is 25.4 Å². The van der Waals surface area contributed by atoms with Gasteiger partial charge in [0.05, 0.1) is 32.1 Å². The second-order valence-corrected chi connectivity index (χ2v) is 5.62. The Hall–Kier alpha value is -1.79. The van der Waals surface area contributed by atoms with Crippen LogP contribution in [-0.4, -0.2) is 43.3 Å². The third-order valence-electron chi connectivity index (χ3n) is 3.08. The Morgan fingerprint density at radius 3 is 2.59 bits per heavy atom. The van der Waals surface area contributed by atoms with Crippen LogP contribution in [0.3, 0.4) is 0 Å². The summed E-state index contributed by atoms with van der Waals surface area (Å²) < 4.78 is 10.2. The van der Waals surface area contributed by atoms with Crippen LogP contribution in [-0.2, 0) is 20.7 Å². The number of aliphatic carboxylic acids is 1. The zero-order chi connectivity index (χ0) is 16.8. The van der Waals surface area contributed by atoms with Gasteiger partial charge in [0.2, 0.25) is 5.91 Å². The summed E-state index contributed by atoms with van der Waals surface area (Å²) in [6.07, 6.45) is -0.256. The smallest absolute Gasteiger partial charge is 0.305 e. The number of carbonyl (C=O) groups excluding carboxylic acids is 1. The Morgan fingerprint density at radius 2 is 2.05 bits per heavy atom. The molecule has 1 atom stereocenters. The van der Waals surface area contributed by atoms with Crippen LogP contribution in [0.15, 0.2) is 18.2 Å². The third kappa shape index (κ3) is 5.20. The van der Waals surface area contributed by atoms with E-state index in [0.717, 1.165) is 0 Å². The normalized spacial score (nSPS) is 13.3. The number of carboxylic acids is 1. The van der Waals surface area contributed by atoms with Gasteiger partial charge in [-0.25, -0.2) is 0 Å². The van der Waals surface area contributed by atoms with Gasteiger partial charge < -0.3 is 19.9 Å². The van der Waals surface area contributed by atoms with Crippen molar-refractivity contribution in [3.63, 3.8) is 0 Å². The molecule has 6 nitrogen and oxygen atoms in total. The molecular formula is C15H20ClNO5. The van der Waals surface area contributed by atoms with E-state index in [9.17, 15) is 9.59 Å². The molecule has 0 bridgehead atoms. The van der Waals surface area contributed by atoms with Gasteiger partial charge in [-0.2, -0.15) is 0 Å². The van der Waals surface area contributed by atoms with Crippen molar-refractivity contribution < 1.29 is 24.2 Å². The van der Waals surface area contributed by atoms with Crippen molar-refractivity contribution in [3.05, 3.63) is 28.8 Å². The van der Waals surface area contributed by atoms with Crippen LogP contribution in [0.2, 0.25) is 5.02 Å². The maximum atomic E-state index is 12.2. The molecule has 0 saturated carbocycles. The molecule has 7 heteroatoms. The lowest BCUT2D eigenvalue weighted by atomic mass is 9.98. The minimum Gasteiger partial charge on any atom is -0.496 e. The van der Waals surface area contributed by atoms with Crippen molar-refractivity contribution in [1.82, 2.24) is 5.32 Å². The monoisotopic (exact) mass is 329 g/mol. The minimum atomic E-state index is -1.02. The number of rotatable bonds is 8. The van der Waals surface area contributed by atoms with E-state index in [1.54, 1.807) is 25.1 Å². The summed E-state index contributed by atoms with van der Waals surface area (Å²) in [5.41, 5.74) is -0.439. The number of halogens is 1. The summed E-state index contributed by atoms with van der Waals surface area (Å²) in [7, 11) is 2.94. The van der Waals surface area contributed by atoms with E-state index < -0.39 is 11.5 Å². The van der Waals surface area contributed by atoms with Crippen LogP contribution < -0.4 is 10.1 Å². The molecule has 0 aromatic heterocycles. The van der Waals surface area contributed by atoms with Crippen molar-refractivity contribution >= 4 is 23.5 Å². The predicted octanol–water partition coefficient (Wildman–Crippen LogP) is 1.89. The fourth-order valence-electron chi connectivity index (χ4n) is 2.23. The van der Waals surface area contributed by atoms with Crippen molar-refractivity contribution in [2.24, 2.45) is 0 Å². The molecule has 0 aliphatic rings. The third-order valence-corrected chi connectivity index (χ3v) is 3.43. The number of amides is 1. The van der Waals surface area contributed by atoms with Crippen LogP contribution in [0.4, 0.5) is 0 Å². The molecule has 0 radical (unpaired) electrons. The Kier molecular flexibility index (Phi) is 6.64. The summed E-state index contributed by atoms with van der Waals surface area (Å²) in [6.45, 7) is 1.71. The van der Waals surface area contributed by atoms with E-state index in [0.29, 0.717) is 16.3 Å². The van der Waals surface area contributed by atoms with Gasteiger partial charge in [0, 0.05) is 17.7 Å². The second kappa shape index (κ2) is 8.00. The van der Waals surface area contributed by atoms with Gasteiger partial charge in [0.1, 0.15) is 5.75 Å². The number of carbonyl (C=O) groups is 2. The highest BCUT2D eigenvalue weighted by molar-refractivity contribution is 6.31. The topological polar surface area (TPSA) is 84.9 Å². The molecule has 1 aromatic carbocycles. The molecule has 1 rings (SSSR count). The highest BCUT2D eigenvalue weighted by atomic mass is 35.5. The van der Waals surface area contributed by atoms with Gasteiger partial charge in [-0.05, 0) is 19.1 Å². The van der Waals surface area contributed by atoms with E-state index in [4.69, 9.17) is 26.2 Å². The molecule has 0 aliphatic carbocycles. The van der Waals surface area contributed by atoms with Crippen LogP contribution in [0.5, 0.6) is 5.75 Å². The van der Waals surface area contributed by atoms with Crippen LogP contribution in [0, 0.1) is 0 Å². The van der Waals surface area contributed by atoms with Crippen molar-refractivity contribution in [2.75, 3.05) is 20.8 Å². The number of methoxy groups -OCH3 is 2. The molecule has 1 unspecified atom stereocenters. The zero-order valence-corrected chi connectivity index (χ0v) is 13.6. The highest BCUT2D eigenvalue weighted by Gasteiger charge is 2.30. The first kappa shape index (κ1) is 18.3. The van der Waals surface area contributed by atoms with Crippen LogP contribution >= 0.6 is 11.6 Å². The number of carboxylic acid groups (broad SMARTS) is 1. The van der Waals surface area contributed by atoms with Gasteiger partial charge >= 0.3 is 5.97 Å². The van der Waals surface area contributed by atoms with E-state index in [2.05, 4.69) is 5.32 Å². The molecule has 1 aromatic rings. The lowest BCUT2D eigenvalue weighted by Gasteiger charge is -2.28. The SMILES string of the molecule is COCC(C)(CC(=O)O)NC(=O)Cc1c(Cl)cccc1OC. The summed E-state index contributed by atoms with van der Waals surface area (Å²) in [6, 6.07) is 5.10. The fraction of sp³-hybridized carbons (Fsp3) is 0.467. The van der Waals surface area contributed by atoms with Crippen molar-refractivity contribution in [3.8, 4) is 5.75 Å². The number of ether oxygens (including phenoxy) is 2. The molecule has 1 amide bonds. The standard InChI is InChI=1S/C15H20ClNO5/c1-15(9-21-2,8-14(19)20)17-13(18)7-10-11(16)5-4-6-12(10)22-3/h4-6H,7-9H2,1-3H3,(H,17,18)(H,19,20). The largest absolute Gasteiger partial charge is 0.496 e. The summed E-state index contributed by atoms with van der Waals surface area (Å²) in [5.74, 6) is -0.864. The molecule has 0 saturated heterocycles. The van der Waals surface area contributed by atoms with Crippen LogP contribution in [0.1, 0.15) is 18.9 Å². The lowest BCUT2D eigenvalue weighted by Crippen LogP contribution is -2.51. The molecule has 22 heavy (non-hydrogen) atoms. The summed E-state index contributed by atoms with van der Waals surface area (Å²) in [4.78, 5) is 23.2. The highest BCUT2D eigenvalue weighted by Crippen LogP contribution is 2.26. The molecule has 0 fully saturated rings. The average molecular weight is 330 g/mol. The summed E-state index contributed by atoms with van der Waals surface area (Å²) in [5, 5.41) is 12.1. The second-order valence-electron chi connectivity index (χ2n) is 5.21. The maximum absolute atomic E-state index is 12.2. The first-order valence-electron chi connectivity index (χ1n) is 6.64. The van der Waals surface area contributed by atoms with Gasteiger partial charge in [0.15, 0.2) is 0 Å². The first-order chi connectivity index (χ1) is 10.3. The van der Waals surface area contributed by atoms with Gasteiger partial charge in [-0.15, -0.1) is 0 Å². The average Bonchev–Trinajstić information content (AvgIpc) is 2.39. The van der Waals surface area contributed by atoms with Crippen molar-refractivity contribution in [1.29, 1.82) is 0 Å². The van der Waals surface area contributed by atoms with E-state index >= 15 is 0 Å². The zero-order valence-electron chi connectivity index (χ0n) is 12.8. The van der Waals surface area contributed by atoms with Crippen LogP contribution in [0.25, 0.3) is 0 Å². The van der Waals surface area contributed by atoms with Gasteiger partial charge in [-0.3, -0.25) is 9.59 Å². The number of hydrogen-bond acceptors (Lipinski definition) is 4. The minimum absolute atomic E-state index is 0.0121. The number of nitrogens with one attached hydrogen (secondary N) is 1. The molecule has 0 heterocycles. The predicted molar refractivity (Wildman–Crippen MR) is 82.4 cm³/mol. The molecule has 2 N–H and O–H groups in total. The van der Waals surface area contributed by atoms with Crippen molar-refractivity contribution in [2.45, 2.75) is 25.3 Å². The Balaban J connectivity index is 2.86. The lowest BCUT2D eigenvalue weighted by molar-refractivity contribution is -0.139. The quantitative estimate of drug-likeness (QED) is 0.760. The molecular weight excluding hydrogens is 310 g/mol. The maximum Gasteiger partial charge on any atom is 0.305 e. The fourth-order valence-corrected chi connectivity index (χ4v) is 2.46. The van der Waals surface area contributed by atoms with Gasteiger partial charge in [-0.1, -0.05) is 17.7 Å². The first-order valence-corrected chi connectivity index (χ1v) is 7.02. The number of hydrogen-bond donors (Lipinski definition) is 2. The Morgan fingerprint density at radius 1 is 1.36 bits per heavy atom. The molecule has 0 aliphatic heterocycles.